The second-order valence-electron chi connectivity index (χ2n) is 1.53. The standard InChI is InChI=1S/C10H22O5/c1-11-3-5-13-7-9-15-10-8-14-6-4-12-2/h3-10H2,1-2H3/i3D2,4D2,5D2,6D2,7D2,8D2,9D2,10D2. The number of hydrogen-bond donors (Lipinski definition) is 0. The Labute approximate surface area is 114 Å². The smallest absolute Gasteiger partial charge is 0.0701 e. The van der Waals surface area contributed by atoms with Crippen molar-refractivity contribution >= 4 is 0 Å². The number of ether oxygens (including phenoxy) is 5. The average Bonchev–Trinajstić information content (AvgIpc) is 2.51. The molecule has 0 N–H and O–H groups in total. The SMILES string of the molecule is [2H]C([2H])(OC)C([2H])([2H])OC([2H])([2H])C([2H])([2H])OC([2H])([2H])C([2H])([2H])OC([2H])([2H])C([2H])([2H])OC. The summed E-state index contributed by atoms with van der Waals surface area (Å²) in [7, 11) is 1.41. The fourth-order valence-corrected chi connectivity index (χ4v) is 0.285. The molecule has 0 radical (unpaired) electrons. The van der Waals surface area contributed by atoms with Crippen molar-refractivity contribution in [3.8, 4) is 0 Å². The van der Waals surface area contributed by atoms with Gasteiger partial charge in [0.05, 0.1) is 74.4 Å². The zero-order chi connectivity index (χ0) is 25.5. The molecule has 0 saturated heterocycles. The molecular formula is C10H22O5. The molecule has 0 fully saturated rings. The van der Waals surface area contributed by atoms with E-state index < -0.39 is 52.5 Å². The Balaban J connectivity index is 5.86. The van der Waals surface area contributed by atoms with E-state index in [0.29, 0.717) is 14.2 Å². The van der Waals surface area contributed by atoms with Crippen LogP contribution in [-0.4, -0.2) is 66.7 Å². The number of hydrogen-bond acceptors (Lipinski definition) is 5. The summed E-state index contributed by atoms with van der Waals surface area (Å²) in [5.74, 6) is 0. The van der Waals surface area contributed by atoms with Gasteiger partial charge in [-0.15, -0.1) is 0 Å². The molecule has 5 heteroatoms. The van der Waals surface area contributed by atoms with Crippen molar-refractivity contribution in [3.05, 3.63) is 0 Å². The quantitative estimate of drug-likeness (QED) is 0.490. The highest BCUT2D eigenvalue weighted by molar-refractivity contribution is 4.34. The van der Waals surface area contributed by atoms with Gasteiger partial charge in [0.1, 0.15) is 0 Å². The molecule has 0 aliphatic heterocycles. The van der Waals surface area contributed by atoms with Crippen LogP contribution in [0.2, 0.25) is 0 Å². The molecule has 0 bridgehead atoms. The zero-order valence-corrected chi connectivity index (χ0v) is 8.04. The average molecular weight is 238 g/mol. The molecule has 0 unspecified atom stereocenters. The number of methoxy groups -OCH3 is 2. The summed E-state index contributed by atoms with van der Waals surface area (Å²) in [6, 6.07) is 0. The molecule has 0 aromatic rings. The van der Waals surface area contributed by atoms with Gasteiger partial charge in [0.15, 0.2) is 0 Å². The molecule has 0 rings (SSSR count). The first-order valence-electron chi connectivity index (χ1n) is 11.4. The molecule has 0 spiro atoms. The maximum atomic E-state index is 7.56. The van der Waals surface area contributed by atoms with Crippen molar-refractivity contribution in [1.82, 2.24) is 0 Å². The van der Waals surface area contributed by atoms with Gasteiger partial charge in [-0.2, -0.15) is 0 Å². The summed E-state index contributed by atoms with van der Waals surface area (Å²) < 4.78 is 140. The van der Waals surface area contributed by atoms with Crippen molar-refractivity contribution < 1.29 is 45.6 Å². The second-order valence-corrected chi connectivity index (χ2v) is 1.53. The van der Waals surface area contributed by atoms with Crippen molar-refractivity contribution in [2.75, 3.05) is 66.7 Å². The van der Waals surface area contributed by atoms with Gasteiger partial charge in [-0.3, -0.25) is 0 Å². The number of rotatable bonds is 12. The Morgan fingerprint density at radius 1 is 0.600 bits per heavy atom. The molecule has 15 heavy (non-hydrogen) atoms. The minimum absolute atomic E-state index is 0.707. The van der Waals surface area contributed by atoms with Crippen LogP contribution in [0.5, 0.6) is 0 Å². The normalized spacial score (nSPS) is 34.3. The first-order chi connectivity index (χ1) is 13.2. The minimum Gasteiger partial charge on any atom is -0.382 e. The molecule has 0 heterocycles. The molecule has 5 nitrogen and oxygen atoms in total. The summed E-state index contributed by atoms with van der Waals surface area (Å²) in [5, 5.41) is 0. The molecule has 0 aromatic carbocycles. The van der Waals surface area contributed by atoms with Crippen LogP contribution in [0.15, 0.2) is 0 Å². The first-order valence-corrected chi connectivity index (χ1v) is 3.45. The van der Waals surface area contributed by atoms with E-state index in [4.69, 9.17) is 21.9 Å². The third-order valence-electron chi connectivity index (χ3n) is 0.677. The van der Waals surface area contributed by atoms with E-state index in [1.54, 1.807) is 0 Å². The molecule has 0 aliphatic rings. The Kier molecular flexibility index (Phi) is 2.92. The predicted octanol–water partition coefficient (Wildman–Crippen LogP) is 0.329. The van der Waals surface area contributed by atoms with E-state index in [1.807, 2.05) is 0 Å². The fraction of sp³-hybridized carbons (Fsp3) is 1.00. The Morgan fingerprint density at radius 3 is 1.13 bits per heavy atom. The van der Waals surface area contributed by atoms with Crippen molar-refractivity contribution in [2.45, 2.75) is 0 Å². The topological polar surface area (TPSA) is 46.2 Å². The summed E-state index contributed by atoms with van der Waals surface area (Å²) in [5.41, 5.74) is 0. The fourth-order valence-electron chi connectivity index (χ4n) is 0.285. The highest BCUT2D eigenvalue weighted by Gasteiger charge is 1.91. The molecule has 92 valence electrons. The van der Waals surface area contributed by atoms with Gasteiger partial charge in [-0.05, 0) is 0 Å². The van der Waals surface area contributed by atoms with Gasteiger partial charge >= 0.3 is 0 Å². The lowest BCUT2D eigenvalue weighted by atomic mass is 10.7. The van der Waals surface area contributed by atoms with E-state index in [1.165, 1.54) is 0 Å². The Bertz CT molecular complexity index is 568. The van der Waals surface area contributed by atoms with Gasteiger partial charge in [0.25, 0.3) is 0 Å². The maximum Gasteiger partial charge on any atom is 0.0701 e. The maximum absolute atomic E-state index is 7.56. The summed E-state index contributed by atoms with van der Waals surface area (Å²) in [4.78, 5) is 0. The van der Waals surface area contributed by atoms with E-state index in [2.05, 4.69) is 23.7 Å². The van der Waals surface area contributed by atoms with Gasteiger partial charge in [-0.25, -0.2) is 0 Å². The lowest BCUT2D eigenvalue weighted by molar-refractivity contribution is -0.00380. The lowest BCUT2D eigenvalue weighted by Crippen LogP contribution is -2.12. The van der Waals surface area contributed by atoms with Gasteiger partial charge < -0.3 is 23.7 Å². The van der Waals surface area contributed by atoms with E-state index >= 15 is 0 Å². The van der Waals surface area contributed by atoms with Crippen molar-refractivity contribution in [3.63, 3.8) is 0 Å². The van der Waals surface area contributed by atoms with Crippen molar-refractivity contribution in [2.24, 2.45) is 0 Å². The summed E-state index contributed by atoms with van der Waals surface area (Å²) in [6.07, 6.45) is 0. The largest absolute Gasteiger partial charge is 0.382 e. The van der Waals surface area contributed by atoms with Gasteiger partial charge in [-0.1, -0.05) is 0 Å². The monoisotopic (exact) mass is 238 g/mol. The van der Waals surface area contributed by atoms with Crippen LogP contribution in [0, 0.1) is 0 Å². The molecule has 0 aliphatic carbocycles. The van der Waals surface area contributed by atoms with Crippen LogP contribution in [0.4, 0.5) is 0 Å². The predicted molar refractivity (Wildman–Crippen MR) is 56.2 cm³/mol. The van der Waals surface area contributed by atoms with E-state index in [0.717, 1.165) is 0 Å². The van der Waals surface area contributed by atoms with Crippen LogP contribution in [-0.2, 0) is 23.7 Å². The van der Waals surface area contributed by atoms with Crippen molar-refractivity contribution in [1.29, 1.82) is 0 Å². The second kappa shape index (κ2) is 13.8. The first kappa shape index (κ1) is 3.17. The van der Waals surface area contributed by atoms with Crippen LogP contribution in [0.25, 0.3) is 0 Å². The van der Waals surface area contributed by atoms with Crippen LogP contribution >= 0.6 is 0 Å². The third-order valence-corrected chi connectivity index (χ3v) is 0.677. The zero-order valence-electron chi connectivity index (χ0n) is 24.0. The van der Waals surface area contributed by atoms with E-state index in [-0.39, 0.29) is 0 Å². The summed E-state index contributed by atoms with van der Waals surface area (Å²) >= 11 is 0. The van der Waals surface area contributed by atoms with Gasteiger partial charge in [0.2, 0.25) is 0 Å². The lowest BCUT2D eigenvalue weighted by Gasteiger charge is -2.06. The highest BCUT2D eigenvalue weighted by Crippen LogP contribution is 1.81. The molecule has 0 aromatic heterocycles. The summed E-state index contributed by atoms with van der Waals surface area (Å²) in [6.45, 7) is -29.9. The molecule has 0 atom stereocenters. The van der Waals surface area contributed by atoms with Gasteiger partial charge in [0, 0.05) is 14.2 Å². The van der Waals surface area contributed by atoms with E-state index in [9.17, 15) is 0 Å². The molecule has 0 saturated carbocycles. The van der Waals surface area contributed by atoms with Crippen LogP contribution in [0.3, 0.4) is 0 Å². The van der Waals surface area contributed by atoms with Crippen LogP contribution < -0.4 is 0 Å². The molecular weight excluding hydrogens is 200 g/mol. The third kappa shape index (κ3) is 13.8. The Morgan fingerprint density at radius 2 is 0.867 bits per heavy atom. The molecule has 0 amide bonds. The Hall–Kier alpha value is -0.200. The van der Waals surface area contributed by atoms with Crippen LogP contribution in [0.1, 0.15) is 21.9 Å². The minimum atomic E-state index is -4.03. The highest BCUT2D eigenvalue weighted by atomic mass is 16.6.